The molecular formula is C22H22N2O. The molecule has 1 aromatic carbocycles. The Labute approximate surface area is 151 Å². The standard InChI is InChI=1S/C22H22N2O/c1-14-8-10-17-16-6-5-7-18(20(16)25-21(17)24-14)19-11-9-15(13-23-19)12-22(2,3)4/h5-11,13H,12H2,1-4H3/i9D,12D2. The number of hydrogen-bond donors (Lipinski definition) is 0. The number of furan rings is 1. The van der Waals surface area contributed by atoms with E-state index in [0.717, 1.165) is 22.0 Å². The van der Waals surface area contributed by atoms with Crippen molar-refractivity contribution in [1.82, 2.24) is 9.97 Å². The van der Waals surface area contributed by atoms with E-state index >= 15 is 0 Å². The fraction of sp³-hybridized carbons (Fsp3) is 0.273. The van der Waals surface area contributed by atoms with E-state index in [4.69, 9.17) is 8.53 Å². The van der Waals surface area contributed by atoms with Crippen molar-refractivity contribution < 1.29 is 8.53 Å². The molecule has 0 radical (unpaired) electrons. The van der Waals surface area contributed by atoms with Crippen LogP contribution in [-0.4, -0.2) is 9.97 Å². The molecule has 0 unspecified atom stereocenters. The van der Waals surface area contributed by atoms with E-state index in [2.05, 4.69) is 9.97 Å². The minimum atomic E-state index is -1.66. The molecule has 0 bridgehead atoms. The molecule has 3 nitrogen and oxygen atoms in total. The normalized spacial score (nSPS) is 14.5. The molecule has 3 heterocycles. The summed E-state index contributed by atoms with van der Waals surface area (Å²) < 4.78 is 31.3. The van der Waals surface area contributed by atoms with Crippen LogP contribution in [0.25, 0.3) is 33.3 Å². The molecule has 0 saturated carbocycles. The van der Waals surface area contributed by atoms with Crippen LogP contribution in [0.5, 0.6) is 0 Å². The first-order valence-electron chi connectivity index (χ1n) is 9.86. The molecule has 0 aliphatic rings. The van der Waals surface area contributed by atoms with E-state index in [-0.39, 0.29) is 11.6 Å². The first-order chi connectivity index (χ1) is 13.1. The van der Waals surface area contributed by atoms with Crippen LogP contribution in [-0.2, 0) is 6.37 Å². The zero-order valence-corrected chi connectivity index (χ0v) is 14.8. The highest BCUT2D eigenvalue weighted by Crippen LogP contribution is 2.34. The molecule has 0 atom stereocenters. The van der Waals surface area contributed by atoms with Gasteiger partial charge in [-0.1, -0.05) is 38.9 Å². The van der Waals surface area contributed by atoms with E-state index in [1.165, 1.54) is 6.20 Å². The lowest BCUT2D eigenvalue weighted by atomic mass is 9.89. The van der Waals surface area contributed by atoms with Crippen molar-refractivity contribution in [3.8, 4) is 11.3 Å². The molecule has 25 heavy (non-hydrogen) atoms. The summed E-state index contributed by atoms with van der Waals surface area (Å²) in [6.45, 7) is 7.39. The maximum Gasteiger partial charge on any atom is 0.227 e. The van der Waals surface area contributed by atoms with Crippen molar-refractivity contribution in [2.75, 3.05) is 0 Å². The third-order valence-corrected chi connectivity index (χ3v) is 3.99. The fourth-order valence-electron chi connectivity index (χ4n) is 2.95. The molecule has 0 aliphatic heterocycles. The highest BCUT2D eigenvalue weighted by atomic mass is 16.3. The lowest BCUT2D eigenvalue weighted by Gasteiger charge is -2.17. The summed E-state index contributed by atoms with van der Waals surface area (Å²) >= 11 is 0. The Kier molecular flexibility index (Phi) is 2.88. The van der Waals surface area contributed by atoms with Gasteiger partial charge in [-0.2, -0.15) is 0 Å². The number of nitrogens with zero attached hydrogens (tertiary/aromatic N) is 2. The predicted octanol–water partition coefficient (Wildman–Crippen LogP) is 5.94. The minimum absolute atomic E-state index is 0.131. The van der Waals surface area contributed by atoms with Crippen LogP contribution in [0.3, 0.4) is 0 Å². The van der Waals surface area contributed by atoms with E-state index in [1.54, 1.807) is 6.07 Å². The molecule has 3 aromatic heterocycles. The highest BCUT2D eigenvalue weighted by Gasteiger charge is 2.15. The van der Waals surface area contributed by atoms with Crippen LogP contribution < -0.4 is 0 Å². The van der Waals surface area contributed by atoms with Crippen molar-refractivity contribution in [3.05, 3.63) is 59.9 Å². The second-order valence-corrected chi connectivity index (χ2v) is 7.31. The largest absolute Gasteiger partial charge is 0.437 e. The van der Waals surface area contributed by atoms with Gasteiger partial charge in [-0.05, 0) is 48.5 Å². The zero-order valence-electron chi connectivity index (χ0n) is 17.8. The smallest absolute Gasteiger partial charge is 0.227 e. The van der Waals surface area contributed by atoms with Gasteiger partial charge in [0.15, 0.2) is 0 Å². The van der Waals surface area contributed by atoms with E-state index in [1.807, 2.05) is 58.0 Å². The van der Waals surface area contributed by atoms with Gasteiger partial charge in [-0.3, -0.25) is 4.98 Å². The monoisotopic (exact) mass is 333 g/mol. The Bertz CT molecular complexity index is 1210. The lowest BCUT2D eigenvalue weighted by Crippen LogP contribution is -2.09. The maximum absolute atomic E-state index is 8.44. The Hall–Kier alpha value is -2.68. The van der Waals surface area contributed by atoms with Crippen LogP contribution in [0.1, 0.15) is 36.1 Å². The quantitative estimate of drug-likeness (QED) is 0.455. The Morgan fingerprint density at radius 2 is 1.96 bits per heavy atom. The third-order valence-electron chi connectivity index (χ3n) is 3.99. The van der Waals surface area contributed by atoms with Crippen LogP contribution in [0.15, 0.2) is 53.1 Å². The molecule has 0 spiro atoms. The van der Waals surface area contributed by atoms with Crippen molar-refractivity contribution >= 4 is 22.1 Å². The SMILES string of the molecule is [2H]c1cc(-c2cccc3c2oc2nc(C)ccc23)ncc1C([2H])([2H])C(C)(C)C. The highest BCUT2D eigenvalue weighted by molar-refractivity contribution is 6.08. The van der Waals surface area contributed by atoms with Gasteiger partial charge in [0, 0.05) is 31.0 Å². The maximum atomic E-state index is 8.44. The molecule has 0 saturated heterocycles. The molecule has 0 N–H and O–H groups in total. The molecule has 0 aliphatic carbocycles. The molecule has 0 fully saturated rings. The van der Waals surface area contributed by atoms with Gasteiger partial charge in [0.1, 0.15) is 5.58 Å². The van der Waals surface area contributed by atoms with Gasteiger partial charge in [0.05, 0.1) is 7.06 Å². The van der Waals surface area contributed by atoms with Crippen molar-refractivity contribution in [3.63, 3.8) is 0 Å². The molecule has 126 valence electrons. The first-order valence-corrected chi connectivity index (χ1v) is 8.36. The summed E-state index contributed by atoms with van der Waals surface area (Å²) in [5, 5.41) is 1.89. The van der Waals surface area contributed by atoms with Crippen molar-refractivity contribution in [1.29, 1.82) is 0 Å². The topological polar surface area (TPSA) is 38.9 Å². The number of aryl methyl sites for hydroxylation is 1. The second kappa shape index (κ2) is 5.69. The molecule has 0 amide bonds. The average molecular weight is 333 g/mol. The van der Waals surface area contributed by atoms with E-state index < -0.39 is 11.8 Å². The minimum Gasteiger partial charge on any atom is -0.437 e. The first kappa shape index (κ1) is 12.6. The summed E-state index contributed by atoms with van der Waals surface area (Å²) in [6.07, 6.45) is -0.185. The van der Waals surface area contributed by atoms with Crippen LogP contribution >= 0.6 is 0 Å². The summed E-state index contributed by atoms with van der Waals surface area (Å²) in [4.78, 5) is 8.95. The number of benzene rings is 1. The molecule has 4 rings (SSSR count). The predicted molar refractivity (Wildman–Crippen MR) is 103 cm³/mol. The second-order valence-electron chi connectivity index (χ2n) is 7.31. The number of para-hydroxylation sites is 1. The molecule has 3 heteroatoms. The summed E-state index contributed by atoms with van der Waals surface area (Å²) in [5.41, 5.74) is 3.13. The fourth-order valence-corrected chi connectivity index (χ4v) is 2.95. The molecule has 4 aromatic rings. The number of aromatic nitrogens is 2. The number of hydrogen-bond acceptors (Lipinski definition) is 3. The summed E-state index contributed by atoms with van der Waals surface area (Å²) in [7, 11) is 0. The van der Waals surface area contributed by atoms with E-state index in [0.29, 0.717) is 17.0 Å². The average Bonchev–Trinajstić information content (AvgIpc) is 2.97. The van der Waals surface area contributed by atoms with Gasteiger partial charge in [0.25, 0.3) is 0 Å². The van der Waals surface area contributed by atoms with Crippen LogP contribution in [0.2, 0.25) is 0 Å². The Balaban J connectivity index is 1.89. The van der Waals surface area contributed by atoms with E-state index in [9.17, 15) is 0 Å². The number of pyridine rings is 2. The Morgan fingerprint density at radius 3 is 2.72 bits per heavy atom. The van der Waals surface area contributed by atoms with Gasteiger partial charge in [0.2, 0.25) is 5.71 Å². The van der Waals surface area contributed by atoms with Crippen LogP contribution in [0.4, 0.5) is 0 Å². The van der Waals surface area contributed by atoms with Crippen molar-refractivity contribution in [2.45, 2.75) is 34.1 Å². The summed E-state index contributed by atoms with van der Waals surface area (Å²) in [5.74, 6) is 0. The lowest BCUT2D eigenvalue weighted by molar-refractivity contribution is 0.411. The zero-order chi connectivity index (χ0) is 20.3. The van der Waals surface area contributed by atoms with Gasteiger partial charge in [-0.15, -0.1) is 0 Å². The van der Waals surface area contributed by atoms with Crippen LogP contribution in [0, 0.1) is 12.3 Å². The number of rotatable bonds is 2. The summed E-state index contributed by atoms with van der Waals surface area (Å²) in [6, 6.07) is 11.5. The van der Waals surface area contributed by atoms with Crippen molar-refractivity contribution in [2.24, 2.45) is 5.41 Å². The van der Waals surface area contributed by atoms with Gasteiger partial charge >= 0.3 is 0 Å². The Morgan fingerprint density at radius 1 is 1.12 bits per heavy atom. The van der Waals surface area contributed by atoms with Gasteiger partial charge in [-0.25, -0.2) is 4.98 Å². The third kappa shape index (κ3) is 3.02. The number of fused-ring (bicyclic) bond motifs is 3. The van der Waals surface area contributed by atoms with Gasteiger partial charge < -0.3 is 4.42 Å². The molecular weight excluding hydrogens is 308 g/mol.